The Balaban J connectivity index is 0.000000381. The van der Waals surface area contributed by atoms with Crippen LogP contribution in [0.15, 0.2) is 36.4 Å². The Morgan fingerprint density at radius 3 is 0.806 bits per heavy atom. The fourth-order valence-electron chi connectivity index (χ4n) is 3.05. The largest absolute Gasteiger partial charge is 0.352 e. The molecular formula is C27H33N3O6. The lowest BCUT2D eigenvalue weighted by Gasteiger charge is -2.09. The van der Waals surface area contributed by atoms with E-state index in [-0.39, 0.29) is 35.1 Å². The van der Waals surface area contributed by atoms with Crippen LogP contribution in [-0.4, -0.2) is 54.7 Å². The topological polar surface area (TPSA) is 139 Å². The summed E-state index contributed by atoms with van der Waals surface area (Å²) >= 11 is 0. The molecule has 9 heteroatoms. The van der Waals surface area contributed by atoms with Gasteiger partial charge in [0.1, 0.15) is 0 Å². The Hall–Kier alpha value is -4.14. The Labute approximate surface area is 211 Å². The molecule has 0 unspecified atom stereocenters. The fraction of sp³-hybridized carbons (Fsp3) is 0.333. The van der Waals surface area contributed by atoms with E-state index >= 15 is 0 Å². The molecule has 0 aliphatic carbocycles. The Morgan fingerprint density at radius 1 is 0.444 bits per heavy atom. The second kappa shape index (κ2) is 14.3. The van der Waals surface area contributed by atoms with E-state index in [1.165, 1.54) is 57.2 Å². The minimum Gasteiger partial charge on any atom is -0.352 e. The van der Waals surface area contributed by atoms with Gasteiger partial charge in [-0.2, -0.15) is 0 Å². The lowest BCUT2D eigenvalue weighted by atomic mass is 10.00. The van der Waals surface area contributed by atoms with E-state index in [0.717, 1.165) is 0 Å². The lowest BCUT2D eigenvalue weighted by molar-refractivity contribution is 0.0948. The number of hydrogen-bond acceptors (Lipinski definition) is 6. The zero-order valence-corrected chi connectivity index (χ0v) is 21.5. The first-order chi connectivity index (χ1) is 16.9. The van der Waals surface area contributed by atoms with Gasteiger partial charge in [0.2, 0.25) is 0 Å². The summed E-state index contributed by atoms with van der Waals surface area (Å²) in [5.74, 6) is -1.39. The van der Waals surface area contributed by atoms with E-state index < -0.39 is 0 Å². The first kappa shape index (κ1) is 29.9. The molecule has 0 fully saturated rings. The summed E-state index contributed by atoms with van der Waals surface area (Å²) in [6.45, 7) is 11.0. The number of amides is 3. The van der Waals surface area contributed by atoms with Crippen LogP contribution >= 0.6 is 0 Å². The molecule has 2 aromatic rings. The number of carbonyl (C=O) groups excluding carboxylic acids is 6. The Morgan fingerprint density at radius 2 is 0.639 bits per heavy atom. The third-order valence-corrected chi connectivity index (χ3v) is 4.88. The van der Waals surface area contributed by atoms with Gasteiger partial charge in [-0.15, -0.1) is 0 Å². The van der Waals surface area contributed by atoms with Gasteiger partial charge in [0, 0.05) is 53.0 Å². The highest BCUT2D eigenvalue weighted by atomic mass is 16.2. The first-order valence-corrected chi connectivity index (χ1v) is 11.6. The van der Waals surface area contributed by atoms with Gasteiger partial charge in [0.05, 0.1) is 0 Å². The van der Waals surface area contributed by atoms with E-state index in [9.17, 15) is 28.8 Å². The summed E-state index contributed by atoms with van der Waals surface area (Å²) in [7, 11) is 0. The van der Waals surface area contributed by atoms with E-state index in [0.29, 0.717) is 53.0 Å². The number of rotatable bonds is 9. The van der Waals surface area contributed by atoms with Gasteiger partial charge in [-0.1, -0.05) is 0 Å². The second-order valence-corrected chi connectivity index (χ2v) is 7.84. The van der Waals surface area contributed by atoms with Crippen LogP contribution in [0, 0.1) is 0 Å². The van der Waals surface area contributed by atoms with Gasteiger partial charge in [0.15, 0.2) is 17.3 Å². The smallest absolute Gasteiger partial charge is 0.251 e. The molecule has 0 bridgehead atoms. The van der Waals surface area contributed by atoms with E-state index in [4.69, 9.17) is 0 Å². The summed E-state index contributed by atoms with van der Waals surface area (Å²) in [5, 5.41) is 7.97. The van der Waals surface area contributed by atoms with Crippen molar-refractivity contribution in [2.24, 2.45) is 0 Å². The summed E-state index contributed by atoms with van der Waals surface area (Å²) in [4.78, 5) is 69.3. The van der Waals surface area contributed by atoms with Crippen LogP contribution in [0.5, 0.6) is 0 Å². The molecule has 192 valence electrons. The van der Waals surface area contributed by atoms with Crippen LogP contribution in [0.3, 0.4) is 0 Å². The molecule has 0 saturated carbocycles. The van der Waals surface area contributed by atoms with Crippen LogP contribution < -0.4 is 16.0 Å². The summed E-state index contributed by atoms with van der Waals surface area (Å²) in [6, 6.07) is 8.99. The van der Waals surface area contributed by atoms with Gasteiger partial charge in [-0.05, 0) is 77.9 Å². The molecule has 2 rings (SSSR count). The van der Waals surface area contributed by atoms with E-state index in [1.54, 1.807) is 20.8 Å². The van der Waals surface area contributed by atoms with Crippen molar-refractivity contribution in [3.05, 3.63) is 69.8 Å². The van der Waals surface area contributed by atoms with Gasteiger partial charge in [-0.25, -0.2) is 0 Å². The van der Waals surface area contributed by atoms with Gasteiger partial charge in [-0.3, -0.25) is 28.8 Å². The summed E-state index contributed by atoms with van der Waals surface area (Å²) in [5.41, 5.74) is 2.07. The van der Waals surface area contributed by atoms with Crippen LogP contribution in [0.25, 0.3) is 0 Å². The molecule has 0 heterocycles. The molecule has 0 aliphatic rings. The highest BCUT2D eigenvalue weighted by molar-refractivity contribution is 6.05. The molecule has 0 aliphatic heterocycles. The maximum atomic E-state index is 11.9. The molecule has 0 atom stereocenters. The summed E-state index contributed by atoms with van der Waals surface area (Å²) < 4.78 is 0. The number of ketones is 3. The van der Waals surface area contributed by atoms with Gasteiger partial charge >= 0.3 is 0 Å². The molecule has 3 amide bonds. The molecule has 0 saturated heterocycles. The predicted octanol–water partition coefficient (Wildman–Crippen LogP) is 3.23. The van der Waals surface area contributed by atoms with Crippen molar-refractivity contribution >= 4 is 35.1 Å². The number of hydrogen-bond donors (Lipinski definition) is 3. The van der Waals surface area contributed by atoms with Gasteiger partial charge in [0.25, 0.3) is 17.7 Å². The molecule has 0 spiro atoms. The van der Waals surface area contributed by atoms with E-state index in [1.807, 2.05) is 0 Å². The molecule has 0 aromatic heterocycles. The molecule has 9 nitrogen and oxygen atoms in total. The zero-order chi connectivity index (χ0) is 27.4. The maximum absolute atomic E-state index is 11.9. The molecule has 36 heavy (non-hydrogen) atoms. The average Bonchev–Trinajstić information content (AvgIpc) is 2.84. The SMILES string of the molecule is CC(=O)c1cc(C(C)=O)cc(C(C)=O)c1.CCNC(=O)c1cc(C(=O)NCC)cc(C(=O)NCC)c1. The minimum atomic E-state index is -0.311. The van der Waals surface area contributed by atoms with Crippen molar-refractivity contribution in [1.82, 2.24) is 16.0 Å². The molecular weight excluding hydrogens is 462 g/mol. The highest BCUT2D eigenvalue weighted by Gasteiger charge is 2.15. The van der Waals surface area contributed by atoms with Crippen molar-refractivity contribution in [3.8, 4) is 0 Å². The van der Waals surface area contributed by atoms with Crippen molar-refractivity contribution in [2.45, 2.75) is 41.5 Å². The quantitative estimate of drug-likeness (QED) is 0.457. The number of benzene rings is 2. The molecule has 0 radical (unpaired) electrons. The Kier molecular flexibility index (Phi) is 11.9. The predicted molar refractivity (Wildman–Crippen MR) is 137 cm³/mol. The zero-order valence-electron chi connectivity index (χ0n) is 21.5. The monoisotopic (exact) mass is 495 g/mol. The van der Waals surface area contributed by atoms with Crippen molar-refractivity contribution in [3.63, 3.8) is 0 Å². The van der Waals surface area contributed by atoms with Crippen LogP contribution in [0.1, 0.15) is 104 Å². The van der Waals surface area contributed by atoms with Crippen molar-refractivity contribution in [2.75, 3.05) is 19.6 Å². The van der Waals surface area contributed by atoms with Crippen LogP contribution in [0.2, 0.25) is 0 Å². The minimum absolute atomic E-state index is 0.152. The fourth-order valence-corrected chi connectivity index (χ4v) is 3.05. The number of Topliss-reactive ketones (excluding diaryl/α,β-unsaturated/α-hetero) is 3. The van der Waals surface area contributed by atoms with Crippen LogP contribution in [-0.2, 0) is 0 Å². The molecule has 3 N–H and O–H groups in total. The van der Waals surface area contributed by atoms with Crippen molar-refractivity contribution in [1.29, 1.82) is 0 Å². The van der Waals surface area contributed by atoms with Crippen molar-refractivity contribution < 1.29 is 28.8 Å². The van der Waals surface area contributed by atoms with Gasteiger partial charge < -0.3 is 16.0 Å². The third kappa shape index (κ3) is 8.90. The standard InChI is InChI=1S/C15H21N3O3.C12H12O3/c1-4-16-13(19)10-7-11(14(20)17-5-2)9-12(8-10)15(21)18-6-3;1-7(13)10-4-11(8(2)14)6-12(5-10)9(3)15/h7-9H,4-6H2,1-3H3,(H,16,19)(H,17,20)(H,18,21);4-6H,1-3H3. The highest BCUT2D eigenvalue weighted by Crippen LogP contribution is 2.13. The summed E-state index contributed by atoms with van der Waals surface area (Å²) in [6.07, 6.45) is 0. The normalized spacial score (nSPS) is 9.83. The number of carbonyl (C=O) groups is 6. The van der Waals surface area contributed by atoms with E-state index in [2.05, 4.69) is 16.0 Å². The molecule has 2 aromatic carbocycles. The average molecular weight is 496 g/mol. The third-order valence-electron chi connectivity index (χ3n) is 4.88. The van der Waals surface area contributed by atoms with Crippen LogP contribution in [0.4, 0.5) is 0 Å². The first-order valence-electron chi connectivity index (χ1n) is 11.6. The number of nitrogens with one attached hydrogen (secondary N) is 3. The maximum Gasteiger partial charge on any atom is 0.251 e. The Bertz CT molecular complexity index is 1000. The lowest BCUT2D eigenvalue weighted by Crippen LogP contribution is -2.28. The second-order valence-electron chi connectivity index (χ2n) is 7.84.